The molecule has 0 bridgehead atoms. The van der Waals surface area contributed by atoms with Gasteiger partial charge in [0.1, 0.15) is 34.6 Å². The van der Waals surface area contributed by atoms with Crippen LogP contribution in [0.4, 0.5) is 56.1 Å². The molecule has 2 aromatic heterocycles. The van der Waals surface area contributed by atoms with Crippen LogP contribution in [-0.4, -0.2) is 105 Å². The van der Waals surface area contributed by atoms with Crippen LogP contribution in [0.1, 0.15) is 69.7 Å². The molecule has 9 rings (SSSR count). The van der Waals surface area contributed by atoms with Crippen molar-refractivity contribution in [1.29, 1.82) is 0 Å². The second-order valence-corrected chi connectivity index (χ2v) is 19.0. The molecule has 3 aliphatic rings. The van der Waals surface area contributed by atoms with Crippen LogP contribution >= 0.6 is 0 Å². The Bertz CT molecular complexity index is 3170. The molecule has 74 heavy (non-hydrogen) atoms. The Hall–Kier alpha value is -7.85. The van der Waals surface area contributed by atoms with Gasteiger partial charge < -0.3 is 31.1 Å². The number of likely N-dealkylation sites (N-methyl/N-ethyl adjacent to an activating group) is 1. The van der Waals surface area contributed by atoms with Gasteiger partial charge in [-0.15, -0.1) is 0 Å². The lowest BCUT2D eigenvalue weighted by Gasteiger charge is -2.35. The minimum Gasteiger partial charge on any atom is -0.352 e. The van der Waals surface area contributed by atoms with Gasteiger partial charge in [0.15, 0.2) is 11.6 Å². The number of nitrogens with one attached hydrogen (secondary N) is 4. The first kappa shape index (κ1) is 52.5. The zero-order valence-corrected chi connectivity index (χ0v) is 42.4. The normalized spacial score (nSPS) is 14.8. The van der Waals surface area contributed by atoms with Crippen molar-refractivity contribution in [1.82, 2.24) is 46.1 Å². The van der Waals surface area contributed by atoms with Gasteiger partial charge in [-0.25, -0.2) is 51.9 Å². The Morgan fingerprint density at radius 2 is 1.07 bits per heavy atom. The quantitative estimate of drug-likeness (QED) is 0.0686. The van der Waals surface area contributed by atoms with Crippen LogP contribution < -0.4 is 36.0 Å². The van der Waals surface area contributed by atoms with Gasteiger partial charge in [0.2, 0.25) is 11.1 Å². The molecule has 0 spiro atoms. The van der Waals surface area contributed by atoms with E-state index in [0.717, 1.165) is 71.1 Å². The number of rotatable bonds is 12. The van der Waals surface area contributed by atoms with Gasteiger partial charge in [-0.1, -0.05) is 38.1 Å². The van der Waals surface area contributed by atoms with Crippen LogP contribution in [0.15, 0.2) is 78.0 Å². The zero-order chi connectivity index (χ0) is 53.0. The zero-order valence-electron chi connectivity index (χ0n) is 41.5. The number of amides is 6. The van der Waals surface area contributed by atoms with Gasteiger partial charge in [0, 0.05) is 78.9 Å². The van der Waals surface area contributed by atoms with Crippen molar-refractivity contribution < 1.29 is 40.9 Å². The van der Waals surface area contributed by atoms with E-state index in [1.807, 2.05) is 45.7 Å². The molecule has 1 unspecified atom stereocenters. The number of anilines is 5. The first-order chi connectivity index (χ1) is 35.5. The summed E-state index contributed by atoms with van der Waals surface area (Å²) in [5.74, 6) is -3.77. The van der Waals surface area contributed by atoms with Gasteiger partial charge in [-0.2, -0.15) is 4.98 Å². The minimum atomic E-state index is -1.68. The number of urea groups is 2. The molecule has 5 heterocycles. The number of hydrogen-bond acceptors (Lipinski definition) is 11. The molecule has 1 saturated heterocycles. The molecule has 0 aliphatic carbocycles. The SMILES string of the molecule is CCCNC(=O)c1ccc(C)c(-c2nc(N3CCN(C)CC3)nc3c2CNC(=O)N3c2c(F)cccc2F)c1.CCCNC(=O)c1ccc(C)c(-c2nc(S(C)=O)nc3c2CNC(=O)N3c2c(F)cccc2F)c1. The fourth-order valence-electron chi connectivity index (χ4n) is 8.55. The predicted octanol–water partition coefficient (Wildman–Crippen LogP) is 7.95. The van der Waals surface area contributed by atoms with E-state index in [1.54, 1.807) is 30.3 Å². The molecule has 1 atom stereocenters. The van der Waals surface area contributed by atoms with E-state index in [2.05, 4.69) is 36.1 Å². The topological polar surface area (TPSA) is 198 Å². The minimum absolute atomic E-state index is 0.0294. The summed E-state index contributed by atoms with van der Waals surface area (Å²) < 4.78 is 71.7. The van der Waals surface area contributed by atoms with E-state index in [4.69, 9.17) is 9.97 Å². The highest BCUT2D eigenvalue weighted by molar-refractivity contribution is 7.84. The van der Waals surface area contributed by atoms with Crippen molar-refractivity contribution in [2.75, 3.05) is 67.3 Å². The van der Waals surface area contributed by atoms with Crippen molar-refractivity contribution >= 4 is 63.6 Å². The van der Waals surface area contributed by atoms with Crippen molar-refractivity contribution in [2.24, 2.45) is 0 Å². The highest BCUT2D eigenvalue weighted by atomic mass is 32.2. The number of hydrogen-bond donors (Lipinski definition) is 4. The monoisotopic (exact) mass is 1030 g/mol. The maximum Gasteiger partial charge on any atom is 0.328 e. The molecule has 3 aliphatic heterocycles. The largest absolute Gasteiger partial charge is 0.352 e. The van der Waals surface area contributed by atoms with Gasteiger partial charge in [-0.05, 0) is 93.4 Å². The van der Waals surface area contributed by atoms with E-state index < -0.39 is 57.5 Å². The first-order valence-corrected chi connectivity index (χ1v) is 25.5. The number of aryl methyl sites for hydroxylation is 2. The lowest BCUT2D eigenvalue weighted by Crippen LogP contribution is -2.46. The summed E-state index contributed by atoms with van der Waals surface area (Å²) >= 11 is 0. The molecule has 0 saturated carbocycles. The molecule has 17 nitrogen and oxygen atoms in total. The van der Waals surface area contributed by atoms with E-state index in [-0.39, 0.29) is 41.7 Å². The third kappa shape index (κ3) is 10.8. The third-order valence-electron chi connectivity index (χ3n) is 12.5. The van der Waals surface area contributed by atoms with Crippen LogP contribution in [0.5, 0.6) is 0 Å². The Balaban J connectivity index is 0.000000198. The summed E-state index contributed by atoms with van der Waals surface area (Å²) in [5.41, 5.74) is 4.27. The van der Waals surface area contributed by atoms with Crippen LogP contribution in [0.3, 0.4) is 0 Å². The van der Waals surface area contributed by atoms with Crippen molar-refractivity contribution in [2.45, 2.75) is 58.8 Å². The Labute approximate surface area is 427 Å². The van der Waals surface area contributed by atoms with Crippen molar-refractivity contribution in [3.63, 3.8) is 0 Å². The molecule has 386 valence electrons. The van der Waals surface area contributed by atoms with Crippen LogP contribution in [0.25, 0.3) is 22.5 Å². The molecule has 0 radical (unpaired) electrons. The average molecular weight is 1040 g/mol. The fraction of sp³-hybridized carbons (Fsp3) is 0.308. The molecule has 6 aromatic rings. The van der Waals surface area contributed by atoms with Crippen molar-refractivity contribution in [3.05, 3.63) is 129 Å². The fourth-order valence-corrected chi connectivity index (χ4v) is 8.98. The number of para-hydroxylation sites is 2. The highest BCUT2D eigenvalue weighted by Gasteiger charge is 2.37. The summed E-state index contributed by atoms with van der Waals surface area (Å²) in [5, 5.41) is 10.9. The number of carbonyl (C=O) groups is 4. The number of benzene rings is 4. The van der Waals surface area contributed by atoms with Gasteiger partial charge in [0.25, 0.3) is 11.8 Å². The molecule has 6 amide bonds. The molecule has 22 heteroatoms. The molecule has 4 N–H and O–H groups in total. The van der Waals surface area contributed by atoms with E-state index in [0.29, 0.717) is 76.9 Å². The summed E-state index contributed by atoms with van der Waals surface area (Å²) in [7, 11) is 0.353. The van der Waals surface area contributed by atoms with Gasteiger partial charge in [-0.3, -0.25) is 13.8 Å². The summed E-state index contributed by atoms with van der Waals surface area (Å²) in [6.45, 7) is 11.6. The molecular formula is C52H54F4N12O5S. The smallest absolute Gasteiger partial charge is 0.328 e. The number of piperazine rings is 1. The molecular weight excluding hydrogens is 981 g/mol. The number of halogens is 4. The average Bonchev–Trinajstić information content (AvgIpc) is 3.39. The number of nitrogens with zero attached hydrogens (tertiary/aromatic N) is 8. The van der Waals surface area contributed by atoms with Crippen molar-refractivity contribution in [3.8, 4) is 22.5 Å². The van der Waals surface area contributed by atoms with Gasteiger partial charge >= 0.3 is 12.1 Å². The maximum atomic E-state index is 15.0. The Morgan fingerprint density at radius 1 is 0.635 bits per heavy atom. The predicted molar refractivity (Wildman–Crippen MR) is 273 cm³/mol. The second-order valence-electron chi connectivity index (χ2n) is 17.8. The van der Waals surface area contributed by atoms with Crippen LogP contribution in [0.2, 0.25) is 0 Å². The maximum absolute atomic E-state index is 15.0. The lowest BCUT2D eigenvalue weighted by molar-refractivity contribution is 0.0945. The van der Waals surface area contributed by atoms with E-state index >= 15 is 0 Å². The summed E-state index contributed by atoms with van der Waals surface area (Å²) in [4.78, 5) is 75.5. The lowest BCUT2D eigenvalue weighted by atomic mass is 9.97. The number of carbonyl (C=O) groups excluding carboxylic acids is 4. The Morgan fingerprint density at radius 3 is 1.50 bits per heavy atom. The standard InChI is InChI=1S/C28H31F2N7O2.C24H23F2N5O3S/c1-4-10-31-26(38)18-9-8-17(2)19(15-18)23-20-16-32-28(39)37(24-21(29)6-5-7-22(24)30)25(20)34-27(33-23)36-13-11-35(3)12-14-36;1-4-10-27-22(32)14-9-8-13(2)15(11-14)19-16-12-28-24(33)31(20-17(25)6-5-7-18(20)26)21(16)30-23(29-19)35(3)34/h5-9,15H,4,10-14,16H2,1-3H3,(H,31,38)(H,32,39);5-9,11H,4,10,12H2,1-3H3,(H,27,32)(H,28,33). The third-order valence-corrected chi connectivity index (χ3v) is 13.2. The molecule has 4 aromatic carbocycles. The molecule has 1 fully saturated rings. The summed E-state index contributed by atoms with van der Waals surface area (Å²) in [6.07, 6.45) is 2.95. The van der Waals surface area contributed by atoms with Crippen LogP contribution in [0, 0.1) is 37.1 Å². The van der Waals surface area contributed by atoms with Gasteiger partial charge in [0.05, 0.1) is 35.3 Å². The van der Waals surface area contributed by atoms with Crippen LogP contribution in [-0.2, 0) is 23.9 Å². The number of aromatic nitrogens is 4. The first-order valence-electron chi connectivity index (χ1n) is 23.9. The number of fused-ring (bicyclic) bond motifs is 2. The van der Waals surface area contributed by atoms with E-state index in [9.17, 15) is 40.9 Å². The summed E-state index contributed by atoms with van der Waals surface area (Å²) in [6, 6.07) is 15.7. The second kappa shape index (κ2) is 22.5. The van der Waals surface area contributed by atoms with E-state index in [1.165, 1.54) is 18.4 Å². The highest BCUT2D eigenvalue weighted by Crippen LogP contribution is 2.41. The Kier molecular flexibility index (Phi) is 16.0.